The number of anilines is 1. The van der Waals surface area contributed by atoms with Crippen molar-refractivity contribution in [2.24, 2.45) is 17.8 Å². The van der Waals surface area contributed by atoms with Crippen LogP contribution in [0.5, 0.6) is 0 Å². The Morgan fingerprint density at radius 3 is 2.55 bits per heavy atom. The highest BCUT2D eigenvalue weighted by atomic mass is 16.6. The summed E-state index contributed by atoms with van der Waals surface area (Å²) in [5.41, 5.74) is 6.23. The number of nitrogens with two attached hydrogens (primary N) is 1. The van der Waals surface area contributed by atoms with Crippen LogP contribution < -0.4 is 11.1 Å². The molecule has 2 saturated heterocycles. The molecule has 15 heteroatoms. The van der Waals surface area contributed by atoms with Crippen molar-refractivity contribution in [2.45, 2.75) is 122 Å². The number of aryl methyl sites for hydroxylation is 1. The number of aliphatic hydroxyl groups is 1. The van der Waals surface area contributed by atoms with Crippen LogP contribution in [0.2, 0.25) is 5.82 Å². The summed E-state index contributed by atoms with van der Waals surface area (Å²) in [6, 6.07) is 6.69. The molecule has 2 aliphatic rings. The molecule has 10 atom stereocenters. The summed E-state index contributed by atoms with van der Waals surface area (Å²) in [5.74, 6) is -3.78. The topological polar surface area (TPSA) is 191 Å². The summed E-state index contributed by atoms with van der Waals surface area (Å²) in [5, 5.41) is 33.4. The van der Waals surface area contributed by atoms with E-state index >= 15 is 0 Å². The Balaban J connectivity index is 1.59. The second kappa shape index (κ2) is 16.9. The van der Waals surface area contributed by atoms with E-state index in [9.17, 15) is 24.6 Å². The molecule has 1 unspecified atom stereocenters. The zero-order valence-corrected chi connectivity index (χ0v) is 31.4. The molecule has 1 aromatic carbocycles. The number of benzene rings is 1. The molecule has 1 amide bonds. The van der Waals surface area contributed by atoms with Crippen LogP contribution >= 0.6 is 0 Å². The normalized spacial score (nSPS) is 34.0. The second-order valence-electron chi connectivity index (χ2n) is 15.0. The number of rotatable bonds is 10. The fourth-order valence-corrected chi connectivity index (χ4v) is 8.04. The molecule has 0 saturated carbocycles. The summed E-state index contributed by atoms with van der Waals surface area (Å²) in [6.07, 6.45) is 0.486. The first-order valence-electron chi connectivity index (χ1n) is 18.2. The predicted octanol–water partition coefficient (Wildman–Crippen LogP) is 3.14. The Hall–Kier alpha value is -3.53. The number of ketones is 1. The lowest BCUT2D eigenvalue weighted by molar-refractivity contribution is -0.214. The first-order valence-corrected chi connectivity index (χ1v) is 18.2. The third-order valence-corrected chi connectivity index (χ3v) is 11.3. The van der Waals surface area contributed by atoms with Crippen LogP contribution in [0.15, 0.2) is 30.5 Å². The molecule has 2 fully saturated rings. The van der Waals surface area contributed by atoms with E-state index in [-0.39, 0.29) is 17.8 Å². The fraction of sp³-hybridized carbons (Fsp3) is 0.694. The van der Waals surface area contributed by atoms with Crippen LogP contribution in [-0.2, 0) is 30.3 Å². The molecule has 0 aliphatic carbocycles. The van der Waals surface area contributed by atoms with Crippen LogP contribution in [0.4, 0.5) is 10.5 Å². The van der Waals surface area contributed by atoms with E-state index in [2.05, 4.69) is 22.6 Å². The highest BCUT2D eigenvalue weighted by molar-refractivity contribution is 6.14. The molecule has 2 aromatic rings. The first kappa shape index (κ1) is 40.2. The molecule has 4 rings (SSSR count). The number of carbonyl (C=O) groups excluding carboxylic acids is 2. The predicted molar refractivity (Wildman–Crippen MR) is 195 cm³/mol. The molecule has 3 heterocycles. The van der Waals surface area contributed by atoms with E-state index in [4.69, 9.17) is 19.9 Å². The van der Waals surface area contributed by atoms with Crippen molar-refractivity contribution in [1.82, 2.24) is 25.2 Å². The van der Waals surface area contributed by atoms with Gasteiger partial charge in [-0.2, -0.15) is 0 Å². The van der Waals surface area contributed by atoms with Crippen molar-refractivity contribution >= 4 is 31.4 Å². The molecule has 5 N–H and O–H groups in total. The summed E-state index contributed by atoms with van der Waals surface area (Å²) in [4.78, 5) is 41.3. The number of methoxy groups -OCH3 is 1. The van der Waals surface area contributed by atoms with E-state index < -0.39 is 65.7 Å². The van der Waals surface area contributed by atoms with Gasteiger partial charge in [0.05, 0.1) is 30.2 Å². The van der Waals surface area contributed by atoms with Crippen LogP contribution in [0.1, 0.15) is 73.6 Å². The molecule has 282 valence electrons. The van der Waals surface area contributed by atoms with Crippen molar-refractivity contribution < 1.29 is 38.8 Å². The minimum atomic E-state index is -1.74. The molecular formula is C36H57BN6O8. The molecule has 51 heavy (non-hydrogen) atoms. The summed E-state index contributed by atoms with van der Waals surface area (Å²) < 4.78 is 20.2. The lowest BCUT2D eigenvalue weighted by Crippen LogP contribution is -2.61. The number of aliphatic hydroxyl groups excluding tert-OH is 1. The molecule has 14 nitrogen and oxygen atoms in total. The maximum Gasteiger partial charge on any atom is 0.410 e. The van der Waals surface area contributed by atoms with Gasteiger partial charge in [-0.05, 0) is 76.9 Å². The number of Topliss-reactive ketones (excluding diaryl/α,β-unsaturated/α-hetero) is 1. The van der Waals surface area contributed by atoms with E-state index in [0.717, 1.165) is 11.3 Å². The number of carboxylic acids is 1. The van der Waals surface area contributed by atoms with Crippen LogP contribution in [0.25, 0.3) is 11.3 Å². The highest BCUT2D eigenvalue weighted by Crippen LogP contribution is 2.41. The maximum absolute atomic E-state index is 13.9. The minimum absolute atomic E-state index is 0.114. The van der Waals surface area contributed by atoms with Crippen molar-refractivity contribution in [3.05, 3.63) is 30.5 Å². The van der Waals surface area contributed by atoms with E-state index in [1.54, 1.807) is 30.5 Å². The first-order chi connectivity index (χ1) is 24.0. The maximum atomic E-state index is 13.9. The van der Waals surface area contributed by atoms with E-state index in [0.29, 0.717) is 51.0 Å². The summed E-state index contributed by atoms with van der Waals surface area (Å²) in [7, 11) is 3.55. The van der Waals surface area contributed by atoms with Gasteiger partial charge in [0, 0.05) is 43.4 Å². The number of hydrogen-bond donors (Lipinski definition) is 4. The number of aromatic nitrogens is 3. The quantitative estimate of drug-likeness (QED) is 0.160. The lowest BCUT2D eigenvalue weighted by Gasteiger charge is -2.42. The second-order valence-corrected chi connectivity index (χ2v) is 15.0. The molecular weight excluding hydrogens is 655 g/mol. The largest absolute Gasteiger partial charge is 0.481 e. The molecule has 0 bridgehead atoms. The Bertz CT molecular complexity index is 1510. The zero-order valence-electron chi connectivity index (χ0n) is 31.4. The number of carbonyl (C=O) groups is 3. The number of fused-ring (bicyclic) bond motifs is 1. The number of ether oxygens (including phenoxy) is 3. The fourth-order valence-electron chi connectivity index (χ4n) is 8.04. The van der Waals surface area contributed by atoms with Crippen LogP contribution in [-0.4, -0.2) is 112 Å². The Labute approximate surface area is 302 Å². The SMILES string of the molecule is B[C@@H]1[C@@H](C)C(=O)[C@@H](CC(=O)O)C(O)O[C@H](CC)[C@@]2(C)OC(=O)N(CCCCn3cc(-c4cccc(N)c4)nn3)[C@@H]2[C@@H](C)NC[C@H](C)C[C@@]1(C)OC. The molecule has 2 aliphatic heterocycles. The summed E-state index contributed by atoms with van der Waals surface area (Å²) >= 11 is 0. The van der Waals surface area contributed by atoms with Gasteiger partial charge in [-0.3, -0.25) is 19.2 Å². The van der Waals surface area contributed by atoms with E-state index in [1.807, 2.05) is 59.1 Å². The zero-order chi connectivity index (χ0) is 37.7. The smallest absolute Gasteiger partial charge is 0.410 e. The van der Waals surface area contributed by atoms with Gasteiger partial charge in [0.1, 0.15) is 25.4 Å². The van der Waals surface area contributed by atoms with Gasteiger partial charge < -0.3 is 35.5 Å². The average molecular weight is 713 g/mol. The van der Waals surface area contributed by atoms with Gasteiger partial charge in [0.2, 0.25) is 0 Å². The number of nitrogen functional groups attached to an aromatic ring is 1. The van der Waals surface area contributed by atoms with Gasteiger partial charge in [-0.25, -0.2) is 4.79 Å². The van der Waals surface area contributed by atoms with Crippen molar-refractivity contribution in [3.8, 4) is 11.3 Å². The van der Waals surface area contributed by atoms with Crippen molar-refractivity contribution in [2.75, 3.05) is 25.9 Å². The van der Waals surface area contributed by atoms with Crippen molar-refractivity contribution in [1.29, 1.82) is 0 Å². The third-order valence-electron chi connectivity index (χ3n) is 11.3. The third kappa shape index (κ3) is 9.11. The standard InChI is InChI=1S/C36H57BN6O8/c1-8-28-36(6)32(43(34(48)51-36)15-10-9-14-42-20-27(40-41-42)24-12-11-13-25(38)16-24)23(4)39-19-21(2)18-35(5,49-7)31(37)22(3)30(46)26(17-29(44)45)33(47)50-28/h11-13,16,20-23,26,28,31-33,39,47H,8-10,14-15,17-19,37-38H2,1-7H3,(H,44,45)/t21-,22+,23-,26-,28-,31-,32-,33?,35-,36-/m1/s1. The lowest BCUT2D eigenvalue weighted by atomic mass is 9.62. The number of aliphatic carboxylic acids is 1. The van der Waals surface area contributed by atoms with Gasteiger partial charge >= 0.3 is 12.1 Å². The molecule has 0 radical (unpaired) electrons. The average Bonchev–Trinajstić information content (AvgIpc) is 3.66. The molecule has 0 spiro atoms. The van der Waals surface area contributed by atoms with Crippen molar-refractivity contribution in [3.63, 3.8) is 0 Å². The number of hydrogen-bond acceptors (Lipinski definition) is 11. The number of amides is 1. The Kier molecular flexibility index (Phi) is 13.3. The monoisotopic (exact) mass is 712 g/mol. The van der Waals surface area contributed by atoms with Gasteiger partial charge in [-0.15, -0.1) is 5.10 Å². The number of nitrogens with zero attached hydrogens (tertiary/aromatic N) is 4. The number of nitrogens with one attached hydrogen (secondary N) is 1. The van der Waals surface area contributed by atoms with Crippen LogP contribution in [0, 0.1) is 17.8 Å². The highest BCUT2D eigenvalue weighted by Gasteiger charge is 2.58. The van der Waals surface area contributed by atoms with Gasteiger partial charge in [-0.1, -0.05) is 38.1 Å². The van der Waals surface area contributed by atoms with Gasteiger partial charge in [0.25, 0.3) is 0 Å². The minimum Gasteiger partial charge on any atom is -0.481 e. The van der Waals surface area contributed by atoms with E-state index in [1.165, 1.54) is 0 Å². The summed E-state index contributed by atoms with van der Waals surface area (Å²) in [6.45, 7) is 13.1. The number of unbranched alkanes of at least 4 members (excludes halogenated alkanes) is 1. The number of carboxylic acid groups (broad SMARTS) is 1. The van der Waals surface area contributed by atoms with Gasteiger partial charge in [0.15, 0.2) is 11.9 Å². The Morgan fingerprint density at radius 2 is 1.90 bits per heavy atom. The van der Waals surface area contributed by atoms with Crippen LogP contribution in [0.3, 0.4) is 0 Å². The Morgan fingerprint density at radius 1 is 1.20 bits per heavy atom. The molecule has 1 aromatic heterocycles.